The quantitative estimate of drug-likeness (QED) is 0.662. The lowest BCUT2D eigenvalue weighted by Crippen LogP contribution is -2.22. The molecule has 0 bridgehead atoms. The Labute approximate surface area is 119 Å². The highest BCUT2D eigenvalue weighted by Crippen LogP contribution is 2.25. The molecular weight excluding hydrogens is 252 g/mol. The van der Waals surface area contributed by atoms with E-state index in [0.717, 1.165) is 29.5 Å². The monoisotopic (exact) mass is 274 g/mol. The van der Waals surface area contributed by atoms with Gasteiger partial charge >= 0.3 is 0 Å². The molecule has 2 aromatic rings. The number of hydrazine groups is 1. The van der Waals surface area contributed by atoms with E-state index in [1.165, 1.54) is 0 Å². The predicted molar refractivity (Wildman–Crippen MR) is 79.8 cm³/mol. The number of nitrogens with one attached hydrogen (secondary N) is 1. The summed E-state index contributed by atoms with van der Waals surface area (Å²) in [6.07, 6.45) is 4.54. The summed E-state index contributed by atoms with van der Waals surface area (Å²) < 4.78 is 1.99. The largest absolute Gasteiger partial charge is 0.308 e. The van der Waals surface area contributed by atoms with Gasteiger partial charge in [-0.1, -0.05) is 27.7 Å². The second kappa shape index (κ2) is 5.20. The van der Waals surface area contributed by atoms with Gasteiger partial charge in [-0.15, -0.1) is 0 Å². The molecule has 0 radical (unpaired) electrons. The van der Waals surface area contributed by atoms with E-state index >= 15 is 0 Å². The average Bonchev–Trinajstić information content (AvgIpc) is 2.85. The van der Waals surface area contributed by atoms with Gasteiger partial charge in [0.15, 0.2) is 0 Å². The van der Waals surface area contributed by atoms with Gasteiger partial charge in [0.25, 0.3) is 0 Å². The smallest absolute Gasteiger partial charge is 0.148 e. The van der Waals surface area contributed by atoms with E-state index < -0.39 is 0 Å². The van der Waals surface area contributed by atoms with Gasteiger partial charge in [-0.05, 0) is 6.92 Å². The van der Waals surface area contributed by atoms with Gasteiger partial charge < -0.3 is 5.43 Å². The normalized spacial score (nSPS) is 11.7. The Morgan fingerprint density at radius 2 is 2.00 bits per heavy atom. The Balaban J connectivity index is 2.69. The number of nitrogens with zero attached hydrogens (tertiary/aromatic N) is 4. The van der Waals surface area contributed by atoms with Crippen LogP contribution in [0.25, 0.3) is 5.82 Å². The Kier molecular flexibility index (Phi) is 3.76. The van der Waals surface area contributed by atoms with Gasteiger partial charge in [0, 0.05) is 29.8 Å². The fourth-order valence-electron chi connectivity index (χ4n) is 2.00. The third-order valence-electron chi connectivity index (χ3n) is 3.19. The molecule has 0 unspecified atom stereocenters. The van der Waals surface area contributed by atoms with Crippen molar-refractivity contribution < 1.29 is 0 Å². The first-order valence-corrected chi connectivity index (χ1v) is 6.76. The molecule has 0 atom stereocenters. The lowest BCUT2D eigenvalue weighted by atomic mass is 9.95. The molecule has 0 spiro atoms. The number of nitrogens with two attached hydrogens (primary N) is 1. The summed E-state index contributed by atoms with van der Waals surface area (Å²) in [6.45, 7) is 10.3. The summed E-state index contributed by atoms with van der Waals surface area (Å²) in [6, 6.07) is 0. The molecule has 0 aliphatic carbocycles. The van der Waals surface area contributed by atoms with E-state index in [1.807, 2.05) is 17.7 Å². The fraction of sp³-hybridized carbons (Fsp3) is 0.500. The van der Waals surface area contributed by atoms with E-state index in [-0.39, 0.29) is 5.41 Å². The van der Waals surface area contributed by atoms with Crippen LogP contribution in [-0.4, -0.2) is 19.5 Å². The van der Waals surface area contributed by atoms with Crippen LogP contribution in [-0.2, 0) is 11.8 Å². The molecule has 6 nitrogen and oxygen atoms in total. The standard InChI is InChI=1S/C14H22N6/c1-6-10-16-7-8-20(10)12-9(2)11(19-15)17-13(18-12)14(3,4)5/h7-8H,6,15H2,1-5H3,(H,17,18,19). The zero-order valence-corrected chi connectivity index (χ0v) is 12.7. The highest BCUT2D eigenvalue weighted by Gasteiger charge is 2.22. The summed E-state index contributed by atoms with van der Waals surface area (Å²) in [7, 11) is 0. The molecule has 0 aliphatic rings. The van der Waals surface area contributed by atoms with Gasteiger partial charge in [0.05, 0.1) is 0 Å². The van der Waals surface area contributed by atoms with Crippen molar-refractivity contribution in [3.63, 3.8) is 0 Å². The number of imidazole rings is 1. The minimum Gasteiger partial charge on any atom is -0.308 e. The maximum atomic E-state index is 5.59. The van der Waals surface area contributed by atoms with Crippen molar-refractivity contribution in [2.45, 2.75) is 46.5 Å². The second-order valence-electron chi connectivity index (χ2n) is 5.81. The summed E-state index contributed by atoms with van der Waals surface area (Å²) in [5, 5.41) is 0. The molecule has 2 rings (SSSR count). The summed E-state index contributed by atoms with van der Waals surface area (Å²) >= 11 is 0. The third-order valence-corrected chi connectivity index (χ3v) is 3.19. The Morgan fingerprint density at radius 3 is 2.55 bits per heavy atom. The minimum atomic E-state index is -0.152. The van der Waals surface area contributed by atoms with Crippen molar-refractivity contribution >= 4 is 5.82 Å². The Hall–Kier alpha value is -1.95. The molecule has 0 aromatic carbocycles. The molecule has 0 saturated heterocycles. The molecule has 0 amide bonds. The topological polar surface area (TPSA) is 81.7 Å². The number of rotatable bonds is 3. The third kappa shape index (κ3) is 2.51. The fourth-order valence-corrected chi connectivity index (χ4v) is 2.00. The molecule has 20 heavy (non-hydrogen) atoms. The Bertz CT molecular complexity index is 609. The lowest BCUT2D eigenvalue weighted by Gasteiger charge is -2.21. The molecule has 2 aromatic heterocycles. The summed E-state index contributed by atoms with van der Waals surface area (Å²) in [5.74, 6) is 8.78. The maximum absolute atomic E-state index is 5.59. The van der Waals surface area contributed by atoms with Gasteiger partial charge in [-0.3, -0.25) is 4.57 Å². The molecule has 3 N–H and O–H groups in total. The van der Waals surface area contributed by atoms with E-state index in [2.05, 4.69) is 43.1 Å². The van der Waals surface area contributed by atoms with Crippen molar-refractivity contribution in [3.05, 3.63) is 29.6 Å². The van der Waals surface area contributed by atoms with Crippen LogP contribution in [0.3, 0.4) is 0 Å². The molecule has 2 heterocycles. The van der Waals surface area contributed by atoms with Gasteiger partial charge in [0.1, 0.15) is 23.3 Å². The van der Waals surface area contributed by atoms with Crippen LogP contribution in [0.5, 0.6) is 0 Å². The van der Waals surface area contributed by atoms with Crippen LogP contribution in [0, 0.1) is 6.92 Å². The number of hydrogen-bond donors (Lipinski definition) is 2. The van der Waals surface area contributed by atoms with Crippen molar-refractivity contribution in [3.8, 4) is 5.82 Å². The minimum absolute atomic E-state index is 0.152. The first kappa shape index (κ1) is 14.5. The SMILES string of the molecule is CCc1nccn1-c1nc(C(C)(C)C)nc(NN)c1C. The van der Waals surface area contributed by atoms with Crippen LogP contribution >= 0.6 is 0 Å². The van der Waals surface area contributed by atoms with Gasteiger partial charge in [-0.25, -0.2) is 20.8 Å². The zero-order valence-electron chi connectivity index (χ0n) is 12.7. The van der Waals surface area contributed by atoms with Gasteiger partial charge in [-0.2, -0.15) is 0 Å². The number of aromatic nitrogens is 4. The van der Waals surface area contributed by atoms with Crippen LogP contribution in [0.15, 0.2) is 12.4 Å². The first-order valence-electron chi connectivity index (χ1n) is 6.76. The number of anilines is 1. The van der Waals surface area contributed by atoms with E-state index in [9.17, 15) is 0 Å². The highest BCUT2D eigenvalue weighted by atomic mass is 15.3. The van der Waals surface area contributed by atoms with E-state index in [1.54, 1.807) is 6.20 Å². The first-order chi connectivity index (χ1) is 9.38. The summed E-state index contributed by atoms with van der Waals surface area (Å²) in [5.41, 5.74) is 3.42. The van der Waals surface area contributed by atoms with Crippen molar-refractivity contribution in [1.82, 2.24) is 19.5 Å². The lowest BCUT2D eigenvalue weighted by molar-refractivity contribution is 0.543. The van der Waals surface area contributed by atoms with E-state index in [0.29, 0.717) is 5.82 Å². The zero-order chi connectivity index (χ0) is 14.9. The molecule has 108 valence electrons. The molecule has 6 heteroatoms. The molecule has 0 aliphatic heterocycles. The highest BCUT2D eigenvalue weighted by molar-refractivity contribution is 5.51. The van der Waals surface area contributed by atoms with Crippen molar-refractivity contribution in [2.24, 2.45) is 5.84 Å². The molecular formula is C14H22N6. The average molecular weight is 274 g/mol. The van der Waals surface area contributed by atoms with Crippen LogP contribution in [0.2, 0.25) is 0 Å². The Morgan fingerprint density at radius 1 is 1.30 bits per heavy atom. The van der Waals surface area contributed by atoms with Crippen molar-refractivity contribution in [2.75, 3.05) is 5.43 Å². The van der Waals surface area contributed by atoms with Crippen LogP contribution < -0.4 is 11.3 Å². The van der Waals surface area contributed by atoms with Crippen LogP contribution in [0.1, 0.15) is 44.9 Å². The van der Waals surface area contributed by atoms with E-state index in [4.69, 9.17) is 10.8 Å². The maximum Gasteiger partial charge on any atom is 0.148 e. The number of hydrogen-bond acceptors (Lipinski definition) is 5. The van der Waals surface area contributed by atoms with Crippen molar-refractivity contribution in [1.29, 1.82) is 0 Å². The second-order valence-corrected chi connectivity index (χ2v) is 5.81. The van der Waals surface area contributed by atoms with Crippen LogP contribution in [0.4, 0.5) is 5.82 Å². The summed E-state index contributed by atoms with van der Waals surface area (Å²) in [4.78, 5) is 13.6. The number of nitrogen functional groups attached to an aromatic ring is 1. The van der Waals surface area contributed by atoms with Gasteiger partial charge in [0.2, 0.25) is 0 Å². The predicted octanol–water partition coefficient (Wildman–Crippen LogP) is 2.12. The molecule has 0 saturated carbocycles. The molecule has 0 fully saturated rings. The number of aryl methyl sites for hydroxylation is 1.